The maximum Gasteiger partial charge on any atom is 0.289 e. The largest absolute Gasteiger partial charge is 0.486 e. The summed E-state index contributed by atoms with van der Waals surface area (Å²) in [7, 11) is 0. The summed E-state index contributed by atoms with van der Waals surface area (Å²) in [5.41, 5.74) is 0.00102. The predicted octanol–water partition coefficient (Wildman–Crippen LogP) is 5.10. The molecule has 0 atom stereocenters. The molecule has 0 radical (unpaired) electrons. The second-order valence-corrected chi connectivity index (χ2v) is 8.57. The standard InChI is InChI=1S/C20H17BrClN5O4S/c1-2-9-26-18(11-31-15-6-3-13(21)4-7-15)24-25-20(26)32-12-19(28)23-14-5-8-16(22)17(10-14)27(29)30/h2-8,10H,1,9,11-12H2,(H,23,28). The minimum absolute atomic E-state index is 0.00205. The Bertz CT molecular complexity index is 1140. The SMILES string of the molecule is C=CCn1c(COc2ccc(Br)cc2)nnc1SCC(=O)Nc1ccc(Cl)c([N+](=O)[O-])c1. The number of carbonyl (C=O) groups is 1. The first-order valence-electron chi connectivity index (χ1n) is 9.15. The summed E-state index contributed by atoms with van der Waals surface area (Å²) in [5, 5.41) is 22.4. The minimum Gasteiger partial charge on any atom is -0.486 e. The Morgan fingerprint density at radius 3 is 2.75 bits per heavy atom. The van der Waals surface area contributed by atoms with Crippen LogP contribution in [0.15, 0.2) is 64.7 Å². The average Bonchev–Trinajstić information content (AvgIpc) is 3.15. The lowest BCUT2D eigenvalue weighted by atomic mass is 10.3. The van der Waals surface area contributed by atoms with Crippen LogP contribution in [0.1, 0.15) is 5.82 Å². The van der Waals surface area contributed by atoms with E-state index in [-0.39, 0.29) is 34.7 Å². The molecule has 1 amide bonds. The Morgan fingerprint density at radius 2 is 2.06 bits per heavy atom. The fourth-order valence-corrected chi connectivity index (χ4v) is 3.80. The van der Waals surface area contributed by atoms with Crippen LogP contribution in [0.25, 0.3) is 0 Å². The van der Waals surface area contributed by atoms with E-state index >= 15 is 0 Å². The van der Waals surface area contributed by atoms with Crippen molar-refractivity contribution >= 4 is 56.6 Å². The predicted molar refractivity (Wildman–Crippen MR) is 126 cm³/mol. The van der Waals surface area contributed by atoms with Crippen LogP contribution in [-0.4, -0.2) is 31.3 Å². The van der Waals surface area contributed by atoms with E-state index in [2.05, 4.69) is 38.0 Å². The zero-order chi connectivity index (χ0) is 23.1. The molecule has 0 aliphatic heterocycles. The van der Waals surface area contributed by atoms with E-state index in [1.54, 1.807) is 10.6 Å². The summed E-state index contributed by atoms with van der Waals surface area (Å²) in [6.45, 7) is 4.39. The first-order chi connectivity index (χ1) is 15.4. The maximum atomic E-state index is 12.3. The van der Waals surface area contributed by atoms with Crippen molar-refractivity contribution in [3.8, 4) is 5.75 Å². The van der Waals surface area contributed by atoms with Crippen molar-refractivity contribution < 1.29 is 14.5 Å². The topological polar surface area (TPSA) is 112 Å². The molecule has 0 aliphatic rings. The summed E-state index contributed by atoms with van der Waals surface area (Å²) in [4.78, 5) is 22.7. The van der Waals surface area contributed by atoms with Gasteiger partial charge in [-0.2, -0.15) is 0 Å². The molecular weight excluding hydrogens is 522 g/mol. The smallest absolute Gasteiger partial charge is 0.289 e. The molecule has 0 spiro atoms. The number of ether oxygens (including phenoxy) is 1. The van der Waals surface area contributed by atoms with E-state index in [1.165, 1.54) is 30.0 Å². The van der Waals surface area contributed by atoms with E-state index in [0.717, 1.165) is 4.47 Å². The van der Waals surface area contributed by atoms with Crippen molar-refractivity contribution in [2.75, 3.05) is 11.1 Å². The van der Waals surface area contributed by atoms with Crippen molar-refractivity contribution in [2.24, 2.45) is 0 Å². The molecule has 32 heavy (non-hydrogen) atoms. The van der Waals surface area contributed by atoms with Gasteiger partial charge in [-0.1, -0.05) is 45.4 Å². The summed E-state index contributed by atoms with van der Waals surface area (Å²) < 4.78 is 8.51. The van der Waals surface area contributed by atoms with Crippen LogP contribution in [0.4, 0.5) is 11.4 Å². The van der Waals surface area contributed by atoms with Crippen molar-refractivity contribution in [1.29, 1.82) is 0 Å². The van der Waals surface area contributed by atoms with Crippen LogP contribution in [0, 0.1) is 10.1 Å². The molecule has 0 aliphatic carbocycles. The number of allylic oxidation sites excluding steroid dienone is 1. The van der Waals surface area contributed by atoms with Crippen molar-refractivity contribution in [3.05, 3.63) is 80.6 Å². The first-order valence-corrected chi connectivity index (χ1v) is 11.3. The van der Waals surface area contributed by atoms with Gasteiger partial charge in [-0.3, -0.25) is 19.5 Å². The molecule has 3 rings (SSSR count). The molecule has 0 fully saturated rings. The highest BCUT2D eigenvalue weighted by Gasteiger charge is 2.16. The number of benzene rings is 2. The van der Waals surface area contributed by atoms with Crippen molar-refractivity contribution in [2.45, 2.75) is 18.3 Å². The summed E-state index contributed by atoms with van der Waals surface area (Å²) in [5.74, 6) is 0.947. The molecular formula is C20H17BrClN5O4S. The molecule has 2 aromatic carbocycles. The number of nitrogens with zero attached hydrogens (tertiary/aromatic N) is 4. The summed E-state index contributed by atoms with van der Waals surface area (Å²) in [6.07, 6.45) is 1.70. The molecule has 1 aromatic heterocycles. The number of nitro benzene ring substituents is 1. The second kappa shape index (κ2) is 11.1. The Morgan fingerprint density at radius 1 is 1.31 bits per heavy atom. The third-order valence-electron chi connectivity index (χ3n) is 4.05. The molecule has 1 heterocycles. The molecule has 12 heteroatoms. The minimum atomic E-state index is -0.609. The van der Waals surface area contributed by atoms with Gasteiger partial charge in [0.1, 0.15) is 17.4 Å². The molecule has 0 saturated heterocycles. The zero-order valence-corrected chi connectivity index (χ0v) is 19.7. The number of thioether (sulfide) groups is 1. The number of nitro groups is 1. The van der Waals surface area contributed by atoms with Crippen molar-refractivity contribution in [1.82, 2.24) is 14.8 Å². The van der Waals surface area contributed by atoms with Gasteiger partial charge in [0.15, 0.2) is 11.0 Å². The van der Waals surface area contributed by atoms with Crippen LogP contribution >= 0.6 is 39.3 Å². The van der Waals surface area contributed by atoms with E-state index < -0.39 is 4.92 Å². The zero-order valence-electron chi connectivity index (χ0n) is 16.5. The van der Waals surface area contributed by atoms with Gasteiger partial charge in [-0.25, -0.2) is 0 Å². The molecule has 0 bridgehead atoms. The van der Waals surface area contributed by atoms with E-state index in [4.69, 9.17) is 16.3 Å². The van der Waals surface area contributed by atoms with Gasteiger partial charge < -0.3 is 10.1 Å². The quantitative estimate of drug-likeness (QED) is 0.165. The molecule has 3 aromatic rings. The number of aromatic nitrogens is 3. The van der Waals surface area contributed by atoms with E-state index in [9.17, 15) is 14.9 Å². The van der Waals surface area contributed by atoms with Crippen molar-refractivity contribution in [3.63, 3.8) is 0 Å². The van der Waals surface area contributed by atoms with Gasteiger partial charge in [-0.05, 0) is 36.4 Å². The van der Waals surface area contributed by atoms with Gasteiger partial charge >= 0.3 is 0 Å². The van der Waals surface area contributed by atoms with Crippen LogP contribution in [0.3, 0.4) is 0 Å². The lowest BCUT2D eigenvalue weighted by molar-refractivity contribution is -0.384. The first kappa shape index (κ1) is 23.8. The fourth-order valence-electron chi connectivity index (χ4n) is 2.58. The number of carbonyl (C=O) groups excluding carboxylic acids is 1. The van der Waals surface area contributed by atoms with E-state index in [1.807, 2.05) is 24.3 Å². The van der Waals surface area contributed by atoms with Gasteiger partial charge in [0, 0.05) is 22.8 Å². The number of nitrogens with one attached hydrogen (secondary N) is 1. The number of rotatable bonds is 10. The third-order valence-corrected chi connectivity index (χ3v) is 5.86. The Hall–Kier alpha value is -2.89. The van der Waals surface area contributed by atoms with Crippen LogP contribution < -0.4 is 10.1 Å². The number of amides is 1. The molecule has 0 unspecified atom stereocenters. The number of halogens is 2. The molecule has 1 N–H and O–H groups in total. The average molecular weight is 539 g/mol. The lowest BCUT2D eigenvalue weighted by Crippen LogP contribution is -2.15. The molecule has 0 saturated carbocycles. The van der Waals surface area contributed by atoms with E-state index in [0.29, 0.717) is 23.3 Å². The fraction of sp³-hybridized carbons (Fsp3) is 0.150. The Kier molecular flexibility index (Phi) is 8.26. The maximum absolute atomic E-state index is 12.3. The van der Waals surface area contributed by atoms with Gasteiger partial charge in [0.25, 0.3) is 5.69 Å². The van der Waals surface area contributed by atoms with Gasteiger partial charge in [0.05, 0.1) is 10.7 Å². The normalized spacial score (nSPS) is 10.6. The number of hydrogen-bond acceptors (Lipinski definition) is 7. The third kappa shape index (κ3) is 6.31. The lowest BCUT2D eigenvalue weighted by Gasteiger charge is -2.09. The highest BCUT2D eigenvalue weighted by Crippen LogP contribution is 2.27. The summed E-state index contributed by atoms with van der Waals surface area (Å²) in [6, 6.07) is 11.5. The highest BCUT2D eigenvalue weighted by molar-refractivity contribution is 9.10. The number of anilines is 1. The van der Waals surface area contributed by atoms with Crippen LogP contribution in [0.5, 0.6) is 5.75 Å². The van der Waals surface area contributed by atoms with Crippen LogP contribution in [-0.2, 0) is 17.9 Å². The number of hydrogen-bond donors (Lipinski definition) is 1. The second-order valence-electron chi connectivity index (χ2n) is 6.30. The monoisotopic (exact) mass is 537 g/mol. The summed E-state index contributed by atoms with van der Waals surface area (Å²) >= 11 is 10.3. The Balaban J connectivity index is 1.62. The van der Waals surface area contributed by atoms with Gasteiger partial charge in [-0.15, -0.1) is 16.8 Å². The van der Waals surface area contributed by atoms with Crippen LogP contribution in [0.2, 0.25) is 5.02 Å². The molecule has 9 nitrogen and oxygen atoms in total. The molecule has 166 valence electrons. The van der Waals surface area contributed by atoms with Gasteiger partial charge in [0.2, 0.25) is 5.91 Å². The Labute approximate surface area is 201 Å². The highest BCUT2D eigenvalue weighted by atomic mass is 79.9.